The van der Waals surface area contributed by atoms with Crippen LogP contribution in [0.15, 0.2) is 18.2 Å². The number of rotatable bonds is 3. The number of methoxy groups -OCH3 is 1. The average Bonchev–Trinajstić information content (AvgIpc) is 2.29. The van der Waals surface area contributed by atoms with Gasteiger partial charge in [-0.2, -0.15) is 0 Å². The predicted molar refractivity (Wildman–Crippen MR) is 74.6 cm³/mol. The number of aromatic hydroxyl groups is 1. The quantitative estimate of drug-likeness (QED) is 0.878. The van der Waals surface area contributed by atoms with E-state index in [4.69, 9.17) is 4.74 Å². The van der Waals surface area contributed by atoms with Gasteiger partial charge in [0.1, 0.15) is 0 Å². The van der Waals surface area contributed by atoms with Crippen molar-refractivity contribution in [3.05, 3.63) is 23.8 Å². The van der Waals surface area contributed by atoms with E-state index >= 15 is 0 Å². The fraction of sp³-hybridized carbons (Fsp3) is 0.538. The molecule has 4 nitrogen and oxygen atoms in total. The largest absolute Gasteiger partial charge is 0.504 e. The van der Waals surface area contributed by atoms with E-state index in [1.807, 2.05) is 12.1 Å². The molecule has 0 radical (unpaired) electrons. The normalized spacial score (nSPS) is 20.2. The van der Waals surface area contributed by atoms with Crippen LogP contribution in [0.25, 0.3) is 0 Å². The first kappa shape index (κ1) is 15.1. The second-order valence-electron chi connectivity index (χ2n) is 4.60. The van der Waals surface area contributed by atoms with Crippen LogP contribution in [0.2, 0.25) is 0 Å². The summed E-state index contributed by atoms with van der Waals surface area (Å²) in [6, 6.07) is 6.14. The number of benzene rings is 1. The lowest BCUT2D eigenvalue weighted by Gasteiger charge is -2.31. The molecule has 0 amide bonds. The van der Waals surface area contributed by atoms with Crippen LogP contribution in [0.1, 0.15) is 12.5 Å². The smallest absolute Gasteiger partial charge is 0.160 e. The molecule has 102 valence electrons. The number of hydrogen-bond acceptors (Lipinski definition) is 4. The van der Waals surface area contributed by atoms with E-state index in [0.717, 1.165) is 31.7 Å². The molecular weight excluding hydrogens is 252 g/mol. The molecule has 1 aromatic rings. The molecule has 18 heavy (non-hydrogen) atoms. The lowest BCUT2D eigenvalue weighted by molar-refractivity contribution is 0.199. The van der Waals surface area contributed by atoms with Crippen LogP contribution in [-0.4, -0.2) is 42.8 Å². The lowest BCUT2D eigenvalue weighted by Crippen LogP contribution is -2.48. The molecule has 1 fully saturated rings. The van der Waals surface area contributed by atoms with Crippen LogP contribution in [0.3, 0.4) is 0 Å². The molecule has 0 unspecified atom stereocenters. The Hall–Kier alpha value is -0.970. The SMILES string of the molecule is COc1ccc(CN2CCN[C@@H](C)C2)cc1O.Cl. The van der Waals surface area contributed by atoms with Gasteiger partial charge in [0.2, 0.25) is 0 Å². The zero-order valence-corrected chi connectivity index (χ0v) is 11.7. The summed E-state index contributed by atoms with van der Waals surface area (Å²) in [5.41, 5.74) is 1.12. The second kappa shape index (κ2) is 6.83. The highest BCUT2D eigenvalue weighted by Gasteiger charge is 2.15. The highest BCUT2D eigenvalue weighted by molar-refractivity contribution is 5.85. The van der Waals surface area contributed by atoms with Gasteiger partial charge in [-0.15, -0.1) is 12.4 Å². The van der Waals surface area contributed by atoms with Crippen molar-refractivity contribution in [2.75, 3.05) is 26.7 Å². The summed E-state index contributed by atoms with van der Waals surface area (Å²) >= 11 is 0. The lowest BCUT2D eigenvalue weighted by atomic mass is 10.1. The van der Waals surface area contributed by atoms with Crippen molar-refractivity contribution in [2.24, 2.45) is 0 Å². The first-order valence-corrected chi connectivity index (χ1v) is 6.00. The summed E-state index contributed by atoms with van der Waals surface area (Å²) in [6.45, 7) is 6.20. The maximum absolute atomic E-state index is 9.72. The molecule has 0 bridgehead atoms. The number of halogens is 1. The Morgan fingerprint density at radius 1 is 1.50 bits per heavy atom. The van der Waals surface area contributed by atoms with E-state index in [1.54, 1.807) is 13.2 Å². The number of phenols is 1. The monoisotopic (exact) mass is 272 g/mol. The molecule has 1 atom stereocenters. The first-order chi connectivity index (χ1) is 8.19. The summed E-state index contributed by atoms with van der Waals surface area (Å²) in [5.74, 6) is 0.746. The van der Waals surface area contributed by atoms with E-state index in [1.165, 1.54) is 0 Å². The summed E-state index contributed by atoms with van der Waals surface area (Å²) in [4.78, 5) is 2.39. The molecular formula is C13H21ClN2O2. The molecule has 2 N–H and O–H groups in total. The minimum absolute atomic E-state index is 0. The summed E-state index contributed by atoms with van der Waals surface area (Å²) in [7, 11) is 1.56. The van der Waals surface area contributed by atoms with Gasteiger partial charge in [-0.25, -0.2) is 0 Å². The van der Waals surface area contributed by atoms with Gasteiger partial charge in [0, 0.05) is 32.2 Å². The Morgan fingerprint density at radius 3 is 2.89 bits per heavy atom. The van der Waals surface area contributed by atoms with Gasteiger partial charge in [0.25, 0.3) is 0 Å². The standard InChI is InChI=1S/C13H20N2O2.ClH/c1-10-8-15(6-5-14-10)9-11-3-4-13(17-2)12(16)7-11;/h3-4,7,10,14,16H,5-6,8-9H2,1-2H3;1H/t10-;/m0./s1. The van der Waals surface area contributed by atoms with Crippen molar-refractivity contribution >= 4 is 12.4 Å². The van der Waals surface area contributed by atoms with Crippen molar-refractivity contribution in [3.8, 4) is 11.5 Å². The molecule has 0 spiro atoms. The van der Waals surface area contributed by atoms with Gasteiger partial charge < -0.3 is 15.2 Å². The molecule has 1 aromatic carbocycles. The minimum atomic E-state index is 0. The van der Waals surface area contributed by atoms with Gasteiger partial charge in [0.15, 0.2) is 11.5 Å². The molecule has 1 aliphatic rings. The van der Waals surface area contributed by atoms with Crippen LogP contribution in [0.5, 0.6) is 11.5 Å². The molecule has 1 aliphatic heterocycles. The second-order valence-corrected chi connectivity index (χ2v) is 4.60. The van der Waals surface area contributed by atoms with Gasteiger partial charge in [-0.1, -0.05) is 6.07 Å². The number of hydrogen-bond donors (Lipinski definition) is 2. The van der Waals surface area contributed by atoms with Crippen LogP contribution >= 0.6 is 12.4 Å². The predicted octanol–water partition coefficient (Wildman–Crippen LogP) is 1.62. The molecule has 0 saturated carbocycles. The van der Waals surface area contributed by atoms with Gasteiger partial charge in [-0.3, -0.25) is 4.90 Å². The Morgan fingerprint density at radius 2 is 2.28 bits per heavy atom. The van der Waals surface area contributed by atoms with Gasteiger partial charge in [0.05, 0.1) is 7.11 Å². The average molecular weight is 273 g/mol. The van der Waals surface area contributed by atoms with Crippen molar-refractivity contribution in [2.45, 2.75) is 19.5 Å². The Balaban J connectivity index is 0.00000162. The van der Waals surface area contributed by atoms with Crippen LogP contribution in [0.4, 0.5) is 0 Å². The number of ether oxygens (including phenoxy) is 1. The highest BCUT2D eigenvalue weighted by Crippen LogP contribution is 2.26. The third-order valence-electron chi connectivity index (χ3n) is 3.10. The number of piperazine rings is 1. The summed E-state index contributed by atoms with van der Waals surface area (Å²) in [5, 5.41) is 13.1. The maximum atomic E-state index is 9.72. The van der Waals surface area contributed by atoms with E-state index in [2.05, 4.69) is 17.1 Å². The zero-order chi connectivity index (χ0) is 12.3. The van der Waals surface area contributed by atoms with Gasteiger partial charge in [-0.05, 0) is 24.6 Å². The van der Waals surface area contributed by atoms with Crippen molar-refractivity contribution in [1.29, 1.82) is 0 Å². The van der Waals surface area contributed by atoms with Crippen LogP contribution in [0, 0.1) is 0 Å². The third-order valence-corrected chi connectivity index (χ3v) is 3.10. The van der Waals surface area contributed by atoms with Crippen molar-refractivity contribution in [3.63, 3.8) is 0 Å². The molecule has 1 saturated heterocycles. The maximum Gasteiger partial charge on any atom is 0.160 e. The molecule has 5 heteroatoms. The Bertz CT molecular complexity index is 387. The van der Waals surface area contributed by atoms with E-state index < -0.39 is 0 Å². The van der Waals surface area contributed by atoms with Gasteiger partial charge >= 0.3 is 0 Å². The highest BCUT2D eigenvalue weighted by atomic mass is 35.5. The Labute approximate surface area is 114 Å². The van der Waals surface area contributed by atoms with Crippen molar-refractivity contribution < 1.29 is 9.84 Å². The third kappa shape index (κ3) is 3.77. The van der Waals surface area contributed by atoms with E-state index in [-0.39, 0.29) is 18.2 Å². The fourth-order valence-electron chi connectivity index (χ4n) is 2.25. The Kier molecular flexibility index (Phi) is 5.72. The molecule has 0 aromatic heterocycles. The van der Waals surface area contributed by atoms with E-state index in [9.17, 15) is 5.11 Å². The number of phenolic OH excluding ortho intramolecular Hbond substituents is 1. The van der Waals surface area contributed by atoms with E-state index in [0.29, 0.717) is 11.8 Å². The van der Waals surface area contributed by atoms with Crippen molar-refractivity contribution in [1.82, 2.24) is 10.2 Å². The molecule has 2 rings (SSSR count). The minimum Gasteiger partial charge on any atom is -0.504 e. The number of nitrogens with one attached hydrogen (secondary N) is 1. The fourth-order valence-corrected chi connectivity index (χ4v) is 2.25. The van der Waals surface area contributed by atoms with Crippen LogP contribution in [-0.2, 0) is 6.54 Å². The summed E-state index contributed by atoms with van der Waals surface area (Å²) < 4.78 is 5.03. The molecule has 0 aliphatic carbocycles. The number of nitrogens with zero attached hydrogens (tertiary/aromatic N) is 1. The topological polar surface area (TPSA) is 44.7 Å². The zero-order valence-electron chi connectivity index (χ0n) is 10.8. The molecule has 1 heterocycles. The van der Waals surface area contributed by atoms with Crippen LogP contribution < -0.4 is 10.1 Å². The first-order valence-electron chi connectivity index (χ1n) is 6.00. The summed E-state index contributed by atoms with van der Waals surface area (Å²) in [6.07, 6.45) is 0.